The minimum Gasteiger partial charge on any atom is -0.460 e. The van der Waals surface area contributed by atoms with Crippen LogP contribution in [0.25, 0.3) is 0 Å². The summed E-state index contributed by atoms with van der Waals surface area (Å²) in [7, 11) is 0. The Bertz CT molecular complexity index is 2000. The number of benzene rings is 4. The third kappa shape index (κ3) is 6.15. The number of halogens is 9. The van der Waals surface area contributed by atoms with Crippen molar-refractivity contribution in [3.05, 3.63) is 118 Å². The fourth-order valence-corrected chi connectivity index (χ4v) is 5.87. The second-order valence-electron chi connectivity index (χ2n) is 12.3. The van der Waals surface area contributed by atoms with Crippen LogP contribution in [0.4, 0.5) is 50.9 Å². The standard InChI is InChI=1S/C36H27F9N2O3/c1-19-5-11-24(12-6-19)48-25-13-7-21(8-14-25)31-47-29-16-10-23(18-27(29)33(4,50-31)36(43,44)45)30(34(37,38)39)22-9-15-28-26(17-22)32(3,35(40,41)42)49-20(2)46-28/h5-18,30H,1-4H3. The van der Waals surface area contributed by atoms with E-state index in [0.29, 0.717) is 37.5 Å². The number of hydrogen-bond acceptors (Lipinski definition) is 5. The Balaban J connectivity index is 1.41. The van der Waals surface area contributed by atoms with Gasteiger partial charge in [-0.3, -0.25) is 0 Å². The Hall–Kier alpha value is -5.01. The van der Waals surface area contributed by atoms with Crippen LogP contribution in [0.1, 0.15) is 60.1 Å². The van der Waals surface area contributed by atoms with Gasteiger partial charge < -0.3 is 14.2 Å². The highest BCUT2D eigenvalue weighted by molar-refractivity contribution is 5.97. The highest BCUT2D eigenvalue weighted by Crippen LogP contribution is 2.53. The van der Waals surface area contributed by atoms with Gasteiger partial charge >= 0.3 is 18.5 Å². The lowest BCUT2D eigenvalue weighted by Crippen LogP contribution is -2.45. The molecule has 0 radical (unpaired) electrons. The summed E-state index contributed by atoms with van der Waals surface area (Å²) in [4.78, 5) is 8.11. The molecule has 2 aliphatic rings. The molecule has 262 valence electrons. The molecule has 0 saturated heterocycles. The molecule has 3 unspecified atom stereocenters. The van der Waals surface area contributed by atoms with Gasteiger partial charge in [0.15, 0.2) is 5.90 Å². The average molecular weight is 707 g/mol. The molecule has 0 amide bonds. The summed E-state index contributed by atoms with van der Waals surface area (Å²) in [6, 6.07) is 18.3. The first-order chi connectivity index (χ1) is 23.2. The van der Waals surface area contributed by atoms with Crippen molar-refractivity contribution in [2.75, 3.05) is 0 Å². The minimum atomic E-state index is -5.15. The first kappa shape index (κ1) is 34.8. The molecule has 2 heterocycles. The highest BCUT2D eigenvalue weighted by atomic mass is 19.4. The fraction of sp³-hybridized carbons (Fsp3) is 0.278. The van der Waals surface area contributed by atoms with E-state index in [1.807, 2.05) is 19.1 Å². The lowest BCUT2D eigenvalue weighted by molar-refractivity contribution is -0.253. The van der Waals surface area contributed by atoms with E-state index in [1.54, 1.807) is 12.1 Å². The van der Waals surface area contributed by atoms with Crippen molar-refractivity contribution in [1.29, 1.82) is 0 Å². The Kier molecular flexibility index (Phi) is 8.22. The summed E-state index contributed by atoms with van der Waals surface area (Å²) in [5, 5.41) is 0. The number of alkyl halides is 9. The molecule has 14 heteroatoms. The van der Waals surface area contributed by atoms with Gasteiger partial charge in [0, 0.05) is 23.6 Å². The van der Waals surface area contributed by atoms with Gasteiger partial charge in [-0.15, -0.1) is 0 Å². The van der Waals surface area contributed by atoms with Gasteiger partial charge in [0.05, 0.1) is 11.4 Å². The summed E-state index contributed by atoms with van der Waals surface area (Å²) in [6.07, 6.45) is -15.3. The number of nitrogens with zero attached hydrogens (tertiary/aromatic N) is 2. The van der Waals surface area contributed by atoms with Crippen molar-refractivity contribution < 1.29 is 53.7 Å². The van der Waals surface area contributed by atoms with Crippen LogP contribution in [-0.4, -0.2) is 30.3 Å². The molecule has 0 saturated carbocycles. The number of rotatable bonds is 5. The Morgan fingerprint density at radius 2 is 1.06 bits per heavy atom. The molecule has 5 nitrogen and oxygen atoms in total. The van der Waals surface area contributed by atoms with E-state index in [-0.39, 0.29) is 22.8 Å². The van der Waals surface area contributed by atoms with E-state index in [0.717, 1.165) is 29.8 Å². The molecule has 0 N–H and O–H groups in total. The van der Waals surface area contributed by atoms with Gasteiger partial charge in [-0.1, -0.05) is 29.8 Å². The van der Waals surface area contributed by atoms with Crippen LogP contribution >= 0.6 is 0 Å². The molecule has 0 aromatic heterocycles. The fourth-order valence-electron chi connectivity index (χ4n) is 5.87. The molecule has 50 heavy (non-hydrogen) atoms. The van der Waals surface area contributed by atoms with Gasteiger partial charge in [0.1, 0.15) is 17.4 Å². The molecule has 0 spiro atoms. The molecular weight excluding hydrogens is 679 g/mol. The zero-order valence-electron chi connectivity index (χ0n) is 26.7. The van der Waals surface area contributed by atoms with Crippen molar-refractivity contribution >= 4 is 23.2 Å². The second kappa shape index (κ2) is 11.8. The monoisotopic (exact) mass is 706 g/mol. The van der Waals surface area contributed by atoms with Crippen molar-refractivity contribution in [3.63, 3.8) is 0 Å². The van der Waals surface area contributed by atoms with Gasteiger partial charge in [-0.05, 0) is 92.6 Å². The predicted molar refractivity (Wildman–Crippen MR) is 166 cm³/mol. The summed E-state index contributed by atoms with van der Waals surface area (Å²) in [5.74, 6) is -2.50. The van der Waals surface area contributed by atoms with Crippen LogP contribution < -0.4 is 4.74 Å². The van der Waals surface area contributed by atoms with Crippen molar-refractivity contribution in [3.8, 4) is 11.5 Å². The van der Waals surface area contributed by atoms with E-state index in [9.17, 15) is 39.5 Å². The van der Waals surface area contributed by atoms with Crippen LogP contribution in [0, 0.1) is 6.92 Å². The molecule has 4 aromatic rings. The lowest BCUT2D eigenvalue weighted by Gasteiger charge is -2.38. The van der Waals surface area contributed by atoms with Gasteiger partial charge in [0.25, 0.3) is 0 Å². The van der Waals surface area contributed by atoms with E-state index in [4.69, 9.17) is 14.2 Å². The number of aryl methyl sites for hydroxylation is 1. The average Bonchev–Trinajstić information content (AvgIpc) is 3.01. The van der Waals surface area contributed by atoms with Gasteiger partial charge in [-0.25, -0.2) is 9.98 Å². The van der Waals surface area contributed by atoms with E-state index in [1.165, 1.54) is 31.2 Å². The van der Waals surface area contributed by atoms with Crippen molar-refractivity contribution in [2.45, 2.75) is 63.3 Å². The predicted octanol–water partition coefficient (Wildman–Crippen LogP) is 11.2. The maximum Gasteiger partial charge on any atom is 0.432 e. The molecule has 2 aliphatic heterocycles. The smallest absolute Gasteiger partial charge is 0.432 e. The molecule has 0 aliphatic carbocycles. The summed E-state index contributed by atoms with van der Waals surface area (Å²) >= 11 is 0. The van der Waals surface area contributed by atoms with Crippen LogP contribution in [-0.2, 0) is 20.7 Å². The van der Waals surface area contributed by atoms with Crippen molar-refractivity contribution in [1.82, 2.24) is 0 Å². The summed E-state index contributed by atoms with van der Waals surface area (Å²) < 4.78 is 147. The SMILES string of the molecule is CC1=Nc2ccc(C(c3ccc4c(c3)C(C)(C(F)(F)F)OC(c3ccc(Oc5ccc(C)cc5)cc3)=N4)C(F)(F)F)cc2C(C)(C(F)(F)F)O1. The van der Waals surface area contributed by atoms with E-state index >= 15 is 0 Å². The first-order valence-electron chi connectivity index (χ1n) is 15.1. The molecule has 0 fully saturated rings. The molecule has 4 aromatic carbocycles. The van der Waals surface area contributed by atoms with Crippen molar-refractivity contribution in [2.24, 2.45) is 9.98 Å². The zero-order chi connectivity index (χ0) is 36.4. The number of fused-ring (bicyclic) bond motifs is 2. The van der Waals surface area contributed by atoms with Gasteiger partial charge in [-0.2, -0.15) is 39.5 Å². The van der Waals surface area contributed by atoms with E-state index in [2.05, 4.69) is 9.98 Å². The second-order valence-corrected chi connectivity index (χ2v) is 12.3. The molecule has 6 rings (SSSR count). The lowest BCUT2D eigenvalue weighted by atomic mass is 9.82. The van der Waals surface area contributed by atoms with Crippen LogP contribution in [0.3, 0.4) is 0 Å². The van der Waals surface area contributed by atoms with Crippen LogP contribution in [0.2, 0.25) is 0 Å². The van der Waals surface area contributed by atoms with E-state index < -0.39 is 63.8 Å². The van der Waals surface area contributed by atoms with Gasteiger partial charge in [0.2, 0.25) is 17.1 Å². The van der Waals surface area contributed by atoms with Crippen LogP contribution in [0.15, 0.2) is 94.9 Å². The Morgan fingerprint density at radius 3 is 1.54 bits per heavy atom. The first-order valence-corrected chi connectivity index (χ1v) is 15.1. The Labute approximate surface area is 280 Å². The normalized spacial score (nSPS) is 21.1. The topological polar surface area (TPSA) is 52.4 Å². The quantitative estimate of drug-likeness (QED) is 0.194. The molecule has 3 atom stereocenters. The Morgan fingerprint density at radius 1 is 0.600 bits per heavy atom. The number of ether oxygens (including phenoxy) is 3. The minimum absolute atomic E-state index is 0.140. The summed E-state index contributed by atoms with van der Waals surface area (Å²) in [6.45, 7) is 4.42. The molecular formula is C36H27F9N2O3. The molecule has 0 bridgehead atoms. The highest BCUT2D eigenvalue weighted by Gasteiger charge is 2.59. The number of hydrogen-bond donors (Lipinski definition) is 0. The summed E-state index contributed by atoms with van der Waals surface area (Å²) in [5.41, 5.74) is -8.30. The largest absolute Gasteiger partial charge is 0.460 e. The zero-order valence-corrected chi connectivity index (χ0v) is 26.7. The third-order valence-electron chi connectivity index (χ3n) is 8.66. The maximum absolute atomic E-state index is 14.8. The van der Waals surface area contributed by atoms with Crippen LogP contribution in [0.5, 0.6) is 11.5 Å². The maximum atomic E-state index is 14.8. The third-order valence-corrected chi connectivity index (χ3v) is 8.66. The number of aliphatic imine (C=N–C) groups is 2.